The van der Waals surface area contributed by atoms with Gasteiger partial charge in [-0.1, -0.05) is 18.6 Å². The number of carbonyl (C=O) groups is 2. The number of carbonyl (C=O) groups excluding carboxylic acids is 2. The van der Waals surface area contributed by atoms with Crippen molar-refractivity contribution < 1.29 is 19.4 Å². The van der Waals surface area contributed by atoms with Crippen LogP contribution in [-0.2, 0) is 20.9 Å². The Morgan fingerprint density at radius 2 is 2.00 bits per heavy atom. The van der Waals surface area contributed by atoms with Crippen molar-refractivity contribution in [3.63, 3.8) is 0 Å². The Kier molecular flexibility index (Phi) is 6.35. The van der Waals surface area contributed by atoms with Gasteiger partial charge < -0.3 is 20.5 Å². The van der Waals surface area contributed by atoms with Crippen LogP contribution < -0.4 is 10.6 Å². The molecular weight excluding hydrogens is 334 g/mol. The fraction of sp³-hybridized carbons (Fsp3) is 0.526. The zero-order valence-electron chi connectivity index (χ0n) is 14.6. The van der Waals surface area contributed by atoms with E-state index in [0.29, 0.717) is 6.54 Å². The highest BCUT2D eigenvalue weighted by atomic mass is 16.5. The van der Waals surface area contributed by atoms with Crippen molar-refractivity contribution in [1.82, 2.24) is 15.6 Å². The van der Waals surface area contributed by atoms with Gasteiger partial charge in [-0.2, -0.15) is 0 Å². The van der Waals surface area contributed by atoms with E-state index in [1.165, 1.54) is 0 Å². The molecular formula is C19H25N3O4. The minimum absolute atomic E-state index is 0.0153. The van der Waals surface area contributed by atoms with Gasteiger partial charge in [-0.25, -0.2) is 0 Å². The molecule has 2 aliphatic rings. The van der Waals surface area contributed by atoms with E-state index in [4.69, 9.17) is 4.74 Å². The van der Waals surface area contributed by atoms with Crippen LogP contribution in [0, 0.1) is 5.92 Å². The summed E-state index contributed by atoms with van der Waals surface area (Å²) in [5.74, 6) is -0.0361. The molecule has 26 heavy (non-hydrogen) atoms. The number of hydrogen-bond donors (Lipinski definition) is 3. The second-order valence-electron chi connectivity index (χ2n) is 6.78. The summed E-state index contributed by atoms with van der Waals surface area (Å²) in [4.78, 5) is 28.1. The Morgan fingerprint density at radius 3 is 2.65 bits per heavy atom. The van der Waals surface area contributed by atoms with Gasteiger partial charge in [0.05, 0.1) is 25.2 Å². The Bertz CT molecular complexity index is 645. The Balaban J connectivity index is 1.47. The van der Waals surface area contributed by atoms with Gasteiger partial charge in [0.15, 0.2) is 0 Å². The van der Waals surface area contributed by atoms with E-state index in [-0.39, 0.29) is 36.8 Å². The van der Waals surface area contributed by atoms with Gasteiger partial charge in [-0.05, 0) is 30.5 Å². The molecule has 7 heteroatoms. The largest absolute Gasteiger partial charge is 0.394 e. The normalized spacial score (nSPS) is 25.3. The number of rotatable bonds is 7. The van der Waals surface area contributed by atoms with Gasteiger partial charge in [0.25, 0.3) is 0 Å². The van der Waals surface area contributed by atoms with Crippen LogP contribution in [0.1, 0.15) is 31.2 Å². The molecule has 1 saturated carbocycles. The van der Waals surface area contributed by atoms with Crippen molar-refractivity contribution in [3.05, 3.63) is 42.2 Å². The molecule has 0 bridgehead atoms. The van der Waals surface area contributed by atoms with Crippen molar-refractivity contribution in [2.75, 3.05) is 6.61 Å². The number of nitrogens with one attached hydrogen (secondary N) is 2. The Morgan fingerprint density at radius 1 is 1.23 bits per heavy atom. The maximum atomic E-state index is 12.1. The molecule has 1 aliphatic heterocycles. The summed E-state index contributed by atoms with van der Waals surface area (Å²) >= 11 is 0. The molecule has 0 unspecified atom stereocenters. The lowest BCUT2D eigenvalue weighted by molar-refractivity contribution is -0.132. The number of pyridine rings is 1. The van der Waals surface area contributed by atoms with Crippen molar-refractivity contribution in [2.24, 2.45) is 5.92 Å². The number of ether oxygens (including phenoxy) is 1. The molecule has 0 radical (unpaired) electrons. The quantitative estimate of drug-likeness (QED) is 0.622. The lowest BCUT2D eigenvalue weighted by atomic mass is 9.84. The number of aliphatic hydroxyl groups excluding tert-OH is 1. The van der Waals surface area contributed by atoms with Crippen molar-refractivity contribution >= 4 is 11.8 Å². The van der Waals surface area contributed by atoms with E-state index < -0.39 is 12.2 Å². The van der Waals surface area contributed by atoms with E-state index in [1.54, 1.807) is 18.5 Å². The minimum atomic E-state index is -0.540. The Hall–Kier alpha value is -2.25. The summed E-state index contributed by atoms with van der Waals surface area (Å²) in [6.45, 7) is 0.219. The summed E-state index contributed by atoms with van der Waals surface area (Å²) in [5, 5.41) is 15.3. The SMILES string of the molecule is O=C(C[C@H]1C=C[C@H](NC(=O)C2CCC2)[C@H](CO)O1)NCc1ccncc1. The number of aliphatic hydroxyl groups is 1. The lowest BCUT2D eigenvalue weighted by Gasteiger charge is -2.33. The molecule has 1 aliphatic carbocycles. The molecule has 140 valence electrons. The zero-order valence-corrected chi connectivity index (χ0v) is 14.6. The van der Waals surface area contributed by atoms with Crippen molar-refractivity contribution in [2.45, 2.75) is 50.5 Å². The fourth-order valence-corrected chi connectivity index (χ4v) is 3.04. The first-order chi connectivity index (χ1) is 12.7. The van der Waals surface area contributed by atoms with E-state index in [0.717, 1.165) is 24.8 Å². The average Bonchev–Trinajstić information content (AvgIpc) is 2.60. The summed E-state index contributed by atoms with van der Waals surface area (Å²) in [6.07, 6.45) is 9.11. The van der Waals surface area contributed by atoms with Gasteiger partial charge in [0, 0.05) is 24.9 Å². The monoisotopic (exact) mass is 359 g/mol. The molecule has 1 aromatic heterocycles. The van der Waals surface area contributed by atoms with Crippen LogP contribution in [0.15, 0.2) is 36.7 Å². The highest BCUT2D eigenvalue weighted by Crippen LogP contribution is 2.27. The van der Waals surface area contributed by atoms with E-state index in [2.05, 4.69) is 15.6 Å². The molecule has 7 nitrogen and oxygen atoms in total. The molecule has 1 fully saturated rings. The molecule has 3 atom stereocenters. The lowest BCUT2D eigenvalue weighted by Crippen LogP contribution is -2.51. The second-order valence-corrected chi connectivity index (χ2v) is 6.78. The molecule has 1 aromatic rings. The Labute approximate surface area is 152 Å². The van der Waals surface area contributed by atoms with Crippen LogP contribution in [0.4, 0.5) is 0 Å². The third-order valence-electron chi connectivity index (χ3n) is 4.87. The van der Waals surface area contributed by atoms with Crippen LogP contribution >= 0.6 is 0 Å². The first-order valence-corrected chi connectivity index (χ1v) is 9.06. The highest BCUT2D eigenvalue weighted by Gasteiger charge is 2.32. The standard InChI is InChI=1S/C19H25N3O4/c23-12-17-16(22-19(25)14-2-1-3-14)5-4-15(26-17)10-18(24)21-11-13-6-8-20-9-7-13/h4-9,14-17,23H,1-3,10-12H2,(H,21,24)(H,22,25)/t15-,16+,17+/m1/s1. The maximum Gasteiger partial charge on any atom is 0.223 e. The fourth-order valence-electron chi connectivity index (χ4n) is 3.04. The van der Waals surface area contributed by atoms with Crippen molar-refractivity contribution in [1.29, 1.82) is 0 Å². The zero-order chi connectivity index (χ0) is 18.4. The van der Waals surface area contributed by atoms with Crippen LogP contribution in [0.3, 0.4) is 0 Å². The second kappa shape index (κ2) is 8.91. The number of hydrogen-bond acceptors (Lipinski definition) is 5. The van der Waals surface area contributed by atoms with Gasteiger partial charge in [-0.3, -0.25) is 14.6 Å². The molecule has 0 saturated heterocycles. The molecule has 3 rings (SSSR count). The summed E-state index contributed by atoms with van der Waals surface area (Å²) in [6, 6.07) is 3.33. The number of aromatic nitrogens is 1. The summed E-state index contributed by atoms with van der Waals surface area (Å²) in [7, 11) is 0. The van der Waals surface area contributed by atoms with Crippen LogP contribution in [0.25, 0.3) is 0 Å². The third-order valence-corrected chi connectivity index (χ3v) is 4.87. The summed E-state index contributed by atoms with van der Waals surface area (Å²) < 4.78 is 5.78. The highest BCUT2D eigenvalue weighted by molar-refractivity contribution is 5.80. The number of nitrogens with zero attached hydrogens (tertiary/aromatic N) is 1. The van der Waals surface area contributed by atoms with Gasteiger partial charge in [-0.15, -0.1) is 0 Å². The molecule has 0 spiro atoms. The van der Waals surface area contributed by atoms with Gasteiger partial charge in [0.1, 0.15) is 6.10 Å². The van der Waals surface area contributed by atoms with Crippen molar-refractivity contribution in [3.8, 4) is 0 Å². The van der Waals surface area contributed by atoms with E-state index >= 15 is 0 Å². The molecule has 0 aromatic carbocycles. The summed E-state index contributed by atoms with van der Waals surface area (Å²) in [5.41, 5.74) is 0.973. The van der Waals surface area contributed by atoms with Crippen LogP contribution in [0.5, 0.6) is 0 Å². The minimum Gasteiger partial charge on any atom is -0.394 e. The molecule has 2 amide bonds. The van der Waals surface area contributed by atoms with E-state index in [1.807, 2.05) is 18.2 Å². The van der Waals surface area contributed by atoms with Crippen LogP contribution in [-0.4, -0.2) is 46.8 Å². The van der Waals surface area contributed by atoms with E-state index in [9.17, 15) is 14.7 Å². The van der Waals surface area contributed by atoms with Gasteiger partial charge in [0.2, 0.25) is 11.8 Å². The predicted molar refractivity (Wildman–Crippen MR) is 94.9 cm³/mol. The topological polar surface area (TPSA) is 101 Å². The molecule has 2 heterocycles. The molecule has 3 N–H and O–H groups in total. The number of amides is 2. The average molecular weight is 359 g/mol. The predicted octanol–water partition coefficient (Wildman–Crippen LogP) is 0.689. The first-order valence-electron chi connectivity index (χ1n) is 9.06. The van der Waals surface area contributed by atoms with Gasteiger partial charge >= 0.3 is 0 Å². The smallest absolute Gasteiger partial charge is 0.223 e. The first kappa shape index (κ1) is 18.5. The third kappa shape index (κ3) is 4.89. The van der Waals surface area contributed by atoms with Crippen LogP contribution in [0.2, 0.25) is 0 Å². The maximum absolute atomic E-state index is 12.1.